The van der Waals surface area contributed by atoms with Crippen LogP contribution in [0.1, 0.15) is 80.6 Å². The van der Waals surface area contributed by atoms with Crippen LogP contribution in [0.5, 0.6) is 0 Å². The zero-order valence-corrected chi connectivity index (χ0v) is 16.3. The summed E-state index contributed by atoms with van der Waals surface area (Å²) >= 11 is 0. The van der Waals surface area contributed by atoms with Crippen molar-refractivity contribution in [1.29, 1.82) is 0 Å². The van der Waals surface area contributed by atoms with Crippen molar-refractivity contribution in [1.82, 2.24) is 0 Å². The molecule has 0 amide bonds. The summed E-state index contributed by atoms with van der Waals surface area (Å²) in [4.78, 5) is 0. The Hall–Kier alpha value is -0.780. The quantitative estimate of drug-likeness (QED) is 0.272. The Morgan fingerprint density at radius 1 is 0.955 bits per heavy atom. The molecule has 0 N–H and O–H groups in total. The molecule has 0 fully saturated rings. The number of hydrogen-bond donors (Lipinski definition) is 0. The molecule has 0 aromatic rings. The van der Waals surface area contributed by atoms with Gasteiger partial charge in [0, 0.05) is 0 Å². The standard InChI is InChI=1S/C22H40/c1-9-14-21(20(11-3)12-4)16-13-15-19(8)22(17(5)6)18(7)10-2/h13-14,16-18,20,22H,8-12,15H2,1-7H3. The minimum atomic E-state index is 0.640. The maximum absolute atomic E-state index is 4.40. The van der Waals surface area contributed by atoms with Crippen molar-refractivity contribution >= 4 is 0 Å². The molecule has 2 atom stereocenters. The van der Waals surface area contributed by atoms with E-state index in [9.17, 15) is 0 Å². The van der Waals surface area contributed by atoms with Gasteiger partial charge in [-0.25, -0.2) is 0 Å². The van der Waals surface area contributed by atoms with Crippen LogP contribution >= 0.6 is 0 Å². The molecule has 0 heteroatoms. The van der Waals surface area contributed by atoms with Gasteiger partial charge in [-0.2, -0.15) is 0 Å². The van der Waals surface area contributed by atoms with Gasteiger partial charge < -0.3 is 0 Å². The highest BCUT2D eigenvalue weighted by molar-refractivity contribution is 5.23. The number of hydrogen-bond acceptors (Lipinski definition) is 0. The predicted molar refractivity (Wildman–Crippen MR) is 103 cm³/mol. The first-order valence-corrected chi connectivity index (χ1v) is 9.46. The van der Waals surface area contributed by atoms with Crippen LogP contribution in [-0.2, 0) is 0 Å². The first kappa shape index (κ1) is 21.2. The van der Waals surface area contributed by atoms with E-state index < -0.39 is 0 Å². The van der Waals surface area contributed by atoms with Gasteiger partial charge in [0.15, 0.2) is 0 Å². The third-order valence-corrected chi connectivity index (χ3v) is 5.03. The van der Waals surface area contributed by atoms with Crippen LogP contribution in [0.4, 0.5) is 0 Å². The van der Waals surface area contributed by atoms with Crippen LogP contribution < -0.4 is 0 Å². The summed E-state index contributed by atoms with van der Waals surface area (Å²) in [6.45, 7) is 20.5. The molecule has 22 heavy (non-hydrogen) atoms. The van der Waals surface area contributed by atoms with Gasteiger partial charge in [0.25, 0.3) is 0 Å². The Balaban J connectivity index is 4.86. The van der Waals surface area contributed by atoms with E-state index in [-0.39, 0.29) is 0 Å². The summed E-state index contributed by atoms with van der Waals surface area (Å²) in [5, 5.41) is 0. The lowest BCUT2D eigenvalue weighted by molar-refractivity contribution is 0.306. The first-order valence-electron chi connectivity index (χ1n) is 9.46. The van der Waals surface area contributed by atoms with Gasteiger partial charge in [0.2, 0.25) is 0 Å². The summed E-state index contributed by atoms with van der Waals surface area (Å²) in [5.41, 5.74) is 2.92. The Bertz CT molecular complexity index is 352. The average molecular weight is 305 g/mol. The summed E-state index contributed by atoms with van der Waals surface area (Å²) in [6.07, 6.45) is 12.9. The van der Waals surface area contributed by atoms with Crippen molar-refractivity contribution < 1.29 is 0 Å². The molecule has 0 heterocycles. The van der Waals surface area contributed by atoms with Crippen molar-refractivity contribution in [3.05, 3.63) is 36.0 Å². The SMILES string of the molecule is C=C(CC=CC(=CCC)C(CC)CC)C(C(C)C)C(C)CC. The van der Waals surface area contributed by atoms with Crippen LogP contribution in [0, 0.1) is 23.7 Å². The molecule has 0 nitrogen and oxygen atoms in total. The molecule has 0 aliphatic heterocycles. The van der Waals surface area contributed by atoms with Gasteiger partial charge in [0.05, 0.1) is 0 Å². The van der Waals surface area contributed by atoms with E-state index >= 15 is 0 Å². The van der Waals surface area contributed by atoms with Crippen molar-refractivity contribution in [2.45, 2.75) is 80.6 Å². The van der Waals surface area contributed by atoms with Gasteiger partial charge in [0.1, 0.15) is 0 Å². The van der Waals surface area contributed by atoms with Gasteiger partial charge >= 0.3 is 0 Å². The molecule has 0 saturated carbocycles. The third-order valence-electron chi connectivity index (χ3n) is 5.03. The monoisotopic (exact) mass is 304 g/mol. The zero-order valence-electron chi connectivity index (χ0n) is 16.3. The smallest absolute Gasteiger partial charge is 0.0135 e. The second-order valence-electron chi connectivity index (χ2n) is 7.05. The summed E-state index contributed by atoms with van der Waals surface area (Å²) in [5.74, 6) is 2.76. The molecular weight excluding hydrogens is 264 g/mol. The molecule has 0 aliphatic carbocycles. The van der Waals surface area contributed by atoms with Gasteiger partial charge in [-0.15, -0.1) is 0 Å². The maximum atomic E-state index is 4.40. The molecule has 0 radical (unpaired) electrons. The minimum Gasteiger partial charge on any atom is -0.0992 e. The molecule has 0 rings (SSSR count). The van der Waals surface area contributed by atoms with Gasteiger partial charge in [-0.05, 0) is 54.9 Å². The fourth-order valence-electron chi connectivity index (χ4n) is 3.63. The minimum absolute atomic E-state index is 0.640. The topological polar surface area (TPSA) is 0 Å². The molecular formula is C22H40. The van der Waals surface area contributed by atoms with E-state index in [1.165, 1.54) is 30.4 Å². The predicted octanol–water partition coefficient (Wildman–Crippen LogP) is 7.58. The van der Waals surface area contributed by atoms with Crippen molar-refractivity contribution in [3.8, 4) is 0 Å². The van der Waals surface area contributed by atoms with E-state index in [2.05, 4.69) is 73.3 Å². The Kier molecular flexibility index (Phi) is 11.3. The van der Waals surface area contributed by atoms with Crippen LogP contribution in [0.15, 0.2) is 36.0 Å². The second-order valence-corrected chi connectivity index (χ2v) is 7.05. The summed E-state index contributed by atoms with van der Waals surface area (Å²) < 4.78 is 0. The van der Waals surface area contributed by atoms with Gasteiger partial charge in [-0.1, -0.05) is 85.3 Å². The van der Waals surface area contributed by atoms with Crippen LogP contribution in [0.3, 0.4) is 0 Å². The van der Waals surface area contributed by atoms with Crippen molar-refractivity contribution in [3.63, 3.8) is 0 Å². The molecule has 0 spiro atoms. The maximum Gasteiger partial charge on any atom is -0.0135 e. The number of allylic oxidation sites excluding steroid dienone is 5. The highest BCUT2D eigenvalue weighted by Gasteiger charge is 2.21. The lowest BCUT2D eigenvalue weighted by Crippen LogP contribution is -2.19. The van der Waals surface area contributed by atoms with E-state index in [0.717, 1.165) is 18.8 Å². The van der Waals surface area contributed by atoms with E-state index in [1.807, 2.05) is 0 Å². The molecule has 128 valence electrons. The Labute approximate surface area is 140 Å². The van der Waals surface area contributed by atoms with Crippen LogP contribution in [-0.4, -0.2) is 0 Å². The molecule has 0 aliphatic rings. The molecule has 0 aromatic heterocycles. The average Bonchev–Trinajstić information content (AvgIpc) is 2.48. The summed E-state index contributed by atoms with van der Waals surface area (Å²) in [7, 11) is 0. The van der Waals surface area contributed by atoms with Crippen molar-refractivity contribution in [2.75, 3.05) is 0 Å². The van der Waals surface area contributed by atoms with Crippen LogP contribution in [0.2, 0.25) is 0 Å². The third kappa shape index (κ3) is 6.99. The van der Waals surface area contributed by atoms with E-state index in [1.54, 1.807) is 0 Å². The van der Waals surface area contributed by atoms with E-state index in [0.29, 0.717) is 17.8 Å². The molecule has 0 bridgehead atoms. The molecule has 0 saturated heterocycles. The molecule has 0 aromatic carbocycles. The largest absolute Gasteiger partial charge is 0.0992 e. The summed E-state index contributed by atoms with van der Waals surface area (Å²) in [6, 6.07) is 0. The van der Waals surface area contributed by atoms with Crippen LogP contribution in [0.25, 0.3) is 0 Å². The Morgan fingerprint density at radius 3 is 1.95 bits per heavy atom. The Morgan fingerprint density at radius 2 is 1.55 bits per heavy atom. The van der Waals surface area contributed by atoms with Crippen molar-refractivity contribution in [2.24, 2.45) is 23.7 Å². The number of rotatable bonds is 11. The highest BCUT2D eigenvalue weighted by atomic mass is 14.3. The normalized spacial score (nSPS) is 15.8. The van der Waals surface area contributed by atoms with Gasteiger partial charge in [-0.3, -0.25) is 0 Å². The lowest BCUT2D eigenvalue weighted by atomic mass is 9.77. The first-order chi connectivity index (χ1) is 10.4. The second kappa shape index (κ2) is 11.7. The molecule has 2 unspecified atom stereocenters. The lowest BCUT2D eigenvalue weighted by Gasteiger charge is -2.28. The zero-order chi connectivity index (χ0) is 17.1. The van der Waals surface area contributed by atoms with E-state index in [4.69, 9.17) is 0 Å². The fourth-order valence-corrected chi connectivity index (χ4v) is 3.63. The fraction of sp³-hybridized carbons (Fsp3) is 0.727. The highest BCUT2D eigenvalue weighted by Crippen LogP contribution is 2.31.